The van der Waals surface area contributed by atoms with E-state index in [1.54, 1.807) is 16.7 Å². The number of alkyl halides is 3. The zero-order valence-electron chi connectivity index (χ0n) is 24.1. The first kappa shape index (κ1) is 30.9. The third kappa shape index (κ3) is 6.70. The summed E-state index contributed by atoms with van der Waals surface area (Å²) in [7, 11) is 0. The molecule has 0 aromatic heterocycles. The third-order valence-corrected chi connectivity index (χ3v) is 7.56. The predicted octanol–water partition coefficient (Wildman–Crippen LogP) is 5.16. The number of likely N-dealkylation sites (N-methyl/N-ethyl adjacent to an activating group) is 1. The molecule has 2 aliphatic heterocycles. The van der Waals surface area contributed by atoms with E-state index >= 15 is 0 Å². The number of hydrogen-bond acceptors (Lipinski definition) is 5. The van der Waals surface area contributed by atoms with Crippen LogP contribution in [0, 0.1) is 6.92 Å². The van der Waals surface area contributed by atoms with Gasteiger partial charge in [-0.15, -0.1) is 0 Å². The molecule has 2 atom stereocenters. The van der Waals surface area contributed by atoms with Gasteiger partial charge < -0.3 is 20.3 Å². The molecule has 1 saturated heterocycles. The van der Waals surface area contributed by atoms with E-state index < -0.39 is 29.8 Å². The largest absolute Gasteiger partial charge is 0.463 e. The Morgan fingerprint density at radius 1 is 1.07 bits per heavy atom. The van der Waals surface area contributed by atoms with Gasteiger partial charge in [-0.05, 0) is 63.1 Å². The van der Waals surface area contributed by atoms with Gasteiger partial charge in [0.15, 0.2) is 0 Å². The summed E-state index contributed by atoms with van der Waals surface area (Å²) in [4.78, 5) is 44.8. The lowest BCUT2D eigenvalue weighted by atomic mass is 9.91. The number of carbonyl (C=O) groups is 3. The van der Waals surface area contributed by atoms with E-state index in [9.17, 15) is 27.6 Å². The van der Waals surface area contributed by atoms with Crippen molar-refractivity contribution in [1.82, 2.24) is 20.0 Å². The van der Waals surface area contributed by atoms with E-state index in [0.29, 0.717) is 37.4 Å². The molecule has 0 saturated carbocycles. The molecule has 2 heterocycles. The van der Waals surface area contributed by atoms with Gasteiger partial charge in [-0.3, -0.25) is 9.80 Å². The Kier molecular flexibility index (Phi) is 9.45. The molecule has 4 rings (SSSR count). The Hall–Kier alpha value is -4.06. The Morgan fingerprint density at radius 3 is 2.36 bits per heavy atom. The molecule has 0 radical (unpaired) electrons. The van der Waals surface area contributed by atoms with Crippen LogP contribution in [0.3, 0.4) is 0 Å². The van der Waals surface area contributed by atoms with Crippen molar-refractivity contribution in [3.05, 3.63) is 76.5 Å². The normalized spacial score (nSPS) is 19.9. The maximum atomic E-state index is 13.4. The second-order valence-corrected chi connectivity index (χ2v) is 10.3. The number of nitrogens with zero attached hydrogens (tertiary/aromatic N) is 3. The SMILES string of the molecule is CCOC(=O)C1=C(CN2CCN(C(=O)Nc3ccc(C(F)(F)F)cc3)C(C)C2)N(CC)C(=O)NC1c1ccccc1C. The van der Waals surface area contributed by atoms with Gasteiger partial charge in [-0.1, -0.05) is 24.3 Å². The summed E-state index contributed by atoms with van der Waals surface area (Å²) in [6.07, 6.45) is -4.46. The molecule has 42 heavy (non-hydrogen) atoms. The Morgan fingerprint density at radius 2 is 1.76 bits per heavy atom. The fraction of sp³-hybridized carbons (Fsp3) is 0.433. The number of rotatable bonds is 7. The molecule has 2 unspecified atom stereocenters. The van der Waals surface area contributed by atoms with Crippen LogP contribution in [-0.4, -0.2) is 78.1 Å². The zero-order chi connectivity index (χ0) is 30.6. The van der Waals surface area contributed by atoms with Crippen LogP contribution in [-0.2, 0) is 15.7 Å². The standard InChI is InChI=1S/C30H36F3N5O4/c1-5-37-24(25(27(39)42-6-2)26(35-29(37)41)23-10-8-7-9-19(23)3)18-36-15-16-38(20(4)17-36)28(40)34-22-13-11-21(12-14-22)30(31,32)33/h7-14,20,26H,5-6,15-18H2,1-4H3,(H,34,40)(H,35,41). The quantitative estimate of drug-likeness (QED) is 0.437. The van der Waals surface area contributed by atoms with Crippen LogP contribution in [0.4, 0.5) is 28.4 Å². The van der Waals surface area contributed by atoms with Gasteiger partial charge in [0.1, 0.15) is 0 Å². The Balaban J connectivity index is 1.54. The average Bonchev–Trinajstić information content (AvgIpc) is 2.93. The molecule has 2 aromatic carbocycles. The molecular weight excluding hydrogens is 551 g/mol. The first-order chi connectivity index (χ1) is 19.9. The van der Waals surface area contributed by atoms with Gasteiger partial charge in [0.05, 0.1) is 23.8 Å². The maximum Gasteiger partial charge on any atom is 0.416 e. The Bertz CT molecular complexity index is 1350. The van der Waals surface area contributed by atoms with Crippen molar-refractivity contribution in [1.29, 1.82) is 0 Å². The number of nitrogens with one attached hydrogen (secondary N) is 2. The van der Waals surface area contributed by atoms with Crippen molar-refractivity contribution in [2.75, 3.05) is 44.6 Å². The topological polar surface area (TPSA) is 94.2 Å². The highest BCUT2D eigenvalue weighted by molar-refractivity contribution is 5.95. The molecule has 2 N–H and O–H groups in total. The van der Waals surface area contributed by atoms with Gasteiger partial charge in [0.25, 0.3) is 0 Å². The predicted molar refractivity (Wildman–Crippen MR) is 152 cm³/mol. The maximum absolute atomic E-state index is 13.4. The van der Waals surface area contributed by atoms with Crippen LogP contribution in [0.25, 0.3) is 0 Å². The van der Waals surface area contributed by atoms with E-state index in [2.05, 4.69) is 15.5 Å². The summed E-state index contributed by atoms with van der Waals surface area (Å²) in [5.74, 6) is -0.498. The van der Waals surface area contributed by atoms with Gasteiger partial charge in [-0.2, -0.15) is 13.2 Å². The van der Waals surface area contributed by atoms with Crippen LogP contribution >= 0.6 is 0 Å². The van der Waals surface area contributed by atoms with Crippen LogP contribution in [0.5, 0.6) is 0 Å². The molecule has 0 bridgehead atoms. The number of amides is 4. The zero-order valence-corrected chi connectivity index (χ0v) is 24.1. The summed E-state index contributed by atoms with van der Waals surface area (Å²) in [6.45, 7) is 9.43. The van der Waals surface area contributed by atoms with Gasteiger partial charge in [0, 0.05) is 50.2 Å². The summed E-state index contributed by atoms with van der Waals surface area (Å²) < 4.78 is 44.1. The van der Waals surface area contributed by atoms with Crippen molar-refractivity contribution in [2.45, 2.75) is 46.0 Å². The van der Waals surface area contributed by atoms with Crippen molar-refractivity contribution in [2.24, 2.45) is 0 Å². The first-order valence-corrected chi connectivity index (χ1v) is 14.0. The molecule has 2 aliphatic rings. The van der Waals surface area contributed by atoms with Crippen LogP contribution < -0.4 is 10.6 Å². The minimum absolute atomic E-state index is 0.180. The number of carbonyl (C=O) groups excluding carboxylic acids is 3. The lowest BCUT2D eigenvalue weighted by molar-refractivity contribution is -0.139. The van der Waals surface area contributed by atoms with E-state index in [0.717, 1.165) is 23.3 Å². The highest BCUT2D eigenvalue weighted by atomic mass is 19.4. The third-order valence-electron chi connectivity index (χ3n) is 7.56. The van der Waals surface area contributed by atoms with E-state index in [1.165, 1.54) is 12.1 Å². The van der Waals surface area contributed by atoms with Crippen molar-refractivity contribution < 1.29 is 32.3 Å². The molecule has 2 aromatic rings. The second kappa shape index (κ2) is 12.8. The fourth-order valence-electron chi connectivity index (χ4n) is 5.43. The second-order valence-electron chi connectivity index (χ2n) is 10.3. The molecule has 0 aliphatic carbocycles. The number of esters is 1. The molecule has 226 valence electrons. The van der Waals surface area contributed by atoms with Gasteiger partial charge in [-0.25, -0.2) is 14.4 Å². The highest BCUT2D eigenvalue weighted by Gasteiger charge is 2.39. The lowest BCUT2D eigenvalue weighted by Gasteiger charge is -2.43. The molecular formula is C30H36F3N5O4. The number of urea groups is 2. The minimum atomic E-state index is -4.46. The van der Waals surface area contributed by atoms with Crippen molar-refractivity contribution in [3.8, 4) is 0 Å². The number of anilines is 1. The summed E-state index contributed by atoms with van der Waals surface area (Å²) in [5, 5.41) is 5.66. The fourth-order valence-corrected chi connectivity index (χ4v) is 5.43. The summed E-state index contributed by atoms with van der Waals surface area (Å²) >= 11 is 0. The number of hydrogen-bond donors (Lipinski definition) is 2. The van der Waals surface area contributed by atoms with Gasteiger partial charge >= 0.3 is 24.2 Å². The first-order valence-electron chi connectivity index (χ1n) is 14.0. The number of piperazine rings is 1. The van der Waals surface area contributed by atoms with Crippen LogP contribution in [0.1, 0.15) is 43.5 Å². The van der Waals surface area contributed by atoms with E-state index in [4.69, 9.17) is 4.74 Å². The van der Waals surface area contributed by atoms with Crippen LogP contribution in [0.15, 0.2) is 59.8 Å². The summed E-state index contributed by atoms with van der Waals surface area (Å²) in [5.41, 5.74) is 2.14. The molecule has 4 amide bonds. The van der Waals surface area contributed by atoms with Gasteiger partial charge in [0.2, 0.25) is 0 Å². The number of aryl methyl sites for hydroxylation is 1. The smallest absolute Gasteiger partial charge is 0.416 e. The molecule has 9 nitrogen and oxygen atoms in total. The van der Waals surface area contributed by atoms with Crippen molar-refractivity contribution >= 4 is 23.7 Å². The average molecular weight is 588 g/mol. The molecule has 0 spiro atoms. The monoisotopic (exact) mass is 587 g/mol. The number of ether oxygens (including phenoxy) is 1. The Labute approximate surface area is 243 Å². The molecule has 1 fully saturated rings. The molecule has 12 heteroatoms. The summed E-state index contributed by atoms with van der Waals surface area (Å²) in [6, 6.07) is 10.2. The van der Waals surface area contributed by atoms with E-state index in [1.807, 2.05) is 45.0 Å². The minimum Gasteiger partial charge on any atom is -0.463 e. The number of benzene rings is 2. The lowest BCUT2D eigenvalue weighted by Crippen LogP contribution is -2.57. The van der Waals surface area contributed by atoms with E-state index in [-0.39, 0.29) is 30.9 Å². The van der Waals surface area contributed by atoms with Crippen molar-refractivity contribution in [3.63, 3.8) is 0 Å². The van der Waals surface area contributed by atoms with Crippen LogP contribution in [0.2, 0.25) is 0 Å². The number of halogens is 3. The highest BCUT2D eigenvalue weighted by Crippen LogP contribution is 2.34.